The Labute approximate surface area is 71.1 Å². The van der Waals surface area contributed by atoms with Crippen molar-refractivity contribution in [2.24, 2.45) is 0 Å². The van der Waals surface area contributed by atoms with Crippen molar-refractivity contribution in [3.05, 3.63) is 0 Å². The first-order valence-corrected chi connectivity index (χ1v) is 5.37. The molecule has 1 aliphatic heterocycles. The fourth-order valence-electron chi connectivity index (χ4n) is 0.507. The van der Waals surface area contributed by atoms with Crippen LogP contribution in [0.2, 0.25) is 4.82 Å². The van der Waals surface area contributed by atoms with Gasteiger partial charge in [0.05, 0.1) is 0 Å². The molecular formula is C4H7ClN2SSe. The summed E-state index contributed by atoms with van der Waals surface area (Å²) in [6.45, 7) is 0.940. The predicted molar refractivity (Wildman–Crippen MR) is 44.0 cm³/mol. The Balaban J connectivity index is 2.26. The molecule has 2 nitrogen and oxygen atoms in total. The van der Waals surface area contributed by atoms with Gasteiger partial charge in [-0.2, -0.15) is 0 Å². The van der Waals surface area contributed by atoms with Crippen LogP contribution in [-0.4, -0.2) is 32.7 Å². The van der Waals surface area contributed by atoms with Gasteiger partial charge in [-0.05, 0) is 0 Å². The minimum atomic E-state index is 0.407. The second-order valence-corrected chi connectivity index (χ2v) is 4.74. The van der Waals surface area contributed by atoms with E-state index >= 15 is 0 Å². The number of alkyl halides is 1. The van der Waals surface area contributed by atoms with Crippen LogP contribution in [0.15, 0.2) is 0 Å². The van der Waals surface area contributed by atoms with Gasteiger partial charge in [0.25, 0.3) is 0 Å². The number of halogens is 1. The second kappa shape index (κ2) is 3.61. The first kappa shape index (κ1) is 7.60. The number of hydrogen-bond acceptors (Lipinski definition) is 1. The Morgan fingerprint density at radius 1 is 1.89 bits per heavy atom. The van der Waals surface area contributed by atoms with Crippen LogP contribution in [0.25, 0.3) is 0 Å². The Hall–Kier alpha value is 0.499. The van der Waals surface area contributed by atoms with E-state index in [0.717, 1.165) is 17.5 Å². The van der Waals surface area contributed by atoms with E-state index < -0.39 is 0 Å². The molecule has 0 saturated carbocycles. The molecule has 0 aliphatic carbocycles. The van der Waals surface area contributed by atoms with E-state index in [1.165, 1.54) is 0 Å². The van der Waals surface area contributed by atoms with Gasteiger partial charge in [-0.1, -0.05) is 0 Å². The Bertz CT molecular complexity index is 111. The van der Waals surface area contributed by atoms with E-state index in [1.807, 2.05) is 0 Å². The molecular weight excluding hydrogens is 223 g/mol. The maximum absolute atomic E-state index is 5.62. The molecule has 52 valence electrons. The van der Waals surface area contributed by atoms with Crippen LogP contribution >= 0.6 is 23.8 Å². The second-order valence-electron chi connectivity index (χ2n) is 1.71. The van der Waals surface area contributed by atoms with Crippen molar-refractivity contribution in [2.75, 3.05) is 12.4 Å². The first-order valence-electron chi connectivity index (χ1n) is 2.58. The van der Waals surface area contributed by atoms with Gasteiger partial charge in [-0.25, -0.2) is 0 Å². The molecule has 1 unspecified atom stereocenters. The van der Waals surface area contributed by atoms with Crippen molar-refractivity contribution in [3.8, 4) is 0 Å². The maximum atomic E-state index is 5.62. The standard InChI is InChI=1S/C4H7ClN2SSe/c5-1-3-2-6-4(8)7-9-3/h3H,1-2H2,(H2,6,7,8). The summed E-state index contributed by atoms with van der Waals surface area (Å²) in [7, 11) is 0. The third-order valence-electron chi connectivity index (χ3n) is 0.981. The number of hydrogen-bond donors (Lipinski definition) is 2. The zero-order chi connectivity index (χ0) is 6.69. The van der Waals surface area contributed by atoms with E-state index in [-0.39, 0.29) is 0 Å². The average molecular weight is 230 g/mol. The Morgan fingerprint density at radius 2 is 2.67 bits per heavy atom. The Morgan fingerprint density at radius 3 is 3.11 bits per heavy atom. The molecule has 1 saturated heterocycles. The van der Waals surface area contributed by atoms with Gasteiger partial charge in [0, 0.05) is 0 Å². The summed E-state index contributed by atoms with van der Waals surface area (Å²) in [6, 6.07) is 0. The Kier molecular flexibility index (Phi) is 3.05. The molecule has 0 amide bonds. The van der Waals surface area contributed by atoms with Crippen molar-refractivity contribution >= 4 is 44.1 Å². The summed E-state index contributed by atoms with van der Waals surface area (Å²) in [5, 5.41) is 3.81. The van der Waals surface area contributed by atoms with Crippen LogP contribution in [0.5, 0.6) is 0 Å². The summed E-state index contributed by atoms with van der Waals surface area (Å²) in [5.41, 5.74) is 0. The van der Waals surface area contributed by atoms with E-state index in [0.29, 0.717) is 20.0 Å². The molecule has 1 heterocycles. The molecule has 0 bridgehead atoms. The molecule has 0 spiro atoms. The topological polar surface area (TPSA) is 24.1 Å². The van der Waals surface area contributed by atoms with Gasteiger partial charge >= 0.3 is 71.0 Å². The van der Waals surface area contributed by atoms with E-state index in [9.17, 15) is 0 Å². The van der Waals surface area contributed by atoms with Crippen LogP contribution in [-0.2, 0) is 0 Å². The SMILES string of the molecule is S=C1NCC(CCl)[Se]N1. The van der Waals surface area contributed by atoms with Crippen molar-refractivity contribution < 1.29 is 0 Å². The molecule has 0 radical (unpaired) electrons. The third-order valence-corrected chi connectivity index (χ3v) is 4.38. The van der Waals surface area contributed by atoms with Crippen LogP contribution in [0.1, 0.15) is 0 Å². The predicted octanol–water partition coefficient (Wildman–Crippen LogP) is 0.111. The van der Waals surface area contributed by atoms with Crippen molar-refractivity contribution in [1.29, 1.82) is 0 Å². The monoisotopic (exact) mass is 230 g/mol. The average Bonchev–Trinajstić information content (AvgIpc) is 1.90. The zero-order valence-electron chi connectivity index (χ0n) is 4.69. The normalized spacial score (nSPS) is 26.8. The summed E-state index contributed by atoms with van der Waals surface area (Å²) in [5.74, 6) is 0.725. The van der Waals surface area contributed by atoms with Gasteiger partial charge in [0.2, 0.25) is 0 Å². The molecule has 1 rings (SSSR count). The van der Waals surface area contributed by atoms with E-state index in [4.69, 9.17) is 23.8 Å². The van der Waals surface area contributed by atoms with Crippen LogP contribution < -0.4 is 9.65 Å². The minimum absolute atomic E-state index is 0.407. The third kappa shape index (κ3) is 2.30. The first-order chi connectivity index (χ1) is 4.33. The number of thiocarbonyl (C=S) groups is 1. The van der Waals surface area contributed by atoms with Crippen molar-refractivity contribution in [1.82, 2.24) is 9.65 Å². The summed E-state index contributed by atoms with van der Waals surface area (Å²) >= 11 is 10.9. The van der Waals surface area contributed by atoms with Gasteiger partial charge in [0.1, 0.15) is 0 Å². The molecule has 1 aliphatic rings. The fraction of sp³-hybridized carbons (Fsp3) is 0.750. The van der Waals surface area contributed by atoms with Crippen LogP contribution in [0.4, 0.5) is 0 Å². The van der Waals surface area contributed by atoms with E-state index in [1.54, 1.807) is 0 Å². The van der Waals surface area contributed by atoms with Gasteiger partial charge in [-0.3, -0.25) is 0 Å². The fourth-order valence-corrected chi connectivity index (χ4v) is 2.48. The quantitative estimate of drug-likeness (QED) is 0.379. The number of nitrogens with one attached hydrogen (secondary N) is 2. The van der Waals surface area contributed by atoms with Crippen LogP contribution in [0.3, 0.4) is 0 Å². The van der Waals surface area contributed by atoms with Crippen molar-refractivity contribution in [3.63, 3.8) is 0 Å². The summed E-state index contributed by atoms with van der Waals surface area (Å²) < 4.78 is 3.08. The van der Waals surface area contributed by atoms with Gasteiger partial charge < -0.3 is 0 Å². The number of rotatable bonds is 1. The summed E-state index contributed by atoms with van der Waals surface area (Å²) in [6.07, 6.45) is 0. The molecule has 5 heteroatoms. The molecule has 0 aromatic carbocycles. The molecule has 1 atom stereocenters. The summed E-state index contributed by atoms with van der Waals surface area (Å²) in [4.78, 5) is 0.589. The van der Waals surface area contributed by atoms with E-state index in [2.05, 4.69) is 9.65 Å². The molecule has 0 aromatic heterocycles. The van der Waals surface area contributed by atoms with Gasteiger partial charge in [0.15, 0.2) is 0 Å². The molecule has 9 heavy (non-hydrogen) atoms. The van der Waals surface area contributed by atoms with Crippen molar-refractivity contribution in [2.45, 2.75) is 4.82 Å². The van der Waals surface area contributed by atoms with Crippen LogP contribution in [0, 0.1) is 0 Å². The zero-order valence-corrected chi connectivity index (χ0v) is 7.97. The molecule has 0 aromatic rings. The molecule has 2 N–H and O–H groups in total. The van der Waals surface area contributed by atoms with Gasteiger partial charge in [-0.15, -0.1) is 0 Å². The molecule has 1 fully saturated rings.